The Balaban J connectivity index is 1.58. The van der Waals surface area contributed by atoms with Crippen LogP contribution >= 0.6 is 0 Å². The van der Waals surface area contributed by atoms with Crippen LogP contribution in [-0.4, -0.2) is 47.5 Å². The first-order valence-electron chi connectivity index (χ1n) is 8.95. The Morgan fingerprint density at radius 1 is 1.42 bits per heavy atom. The van der Waals surface area contributed by atoms with Gasteiger partial charge in [-0.05, 0) is 65.3 Å². The van der Waals surface area contributed by atoms with Crippen molar-refractivity contribution in [3.8, 4) is 11.7 Å². The minimum absolute atomic E-state index is 0.574. The van der Waals surface area contributed by atoms with Crippen molar-refractivity contribution in [2.24, 2.45) is 5.92 Å². The smallest absolute Gasteiger partial charge is 0.263 e. The fourth-order valence-corrected chi connectivity index (χ4v) is 3.56. The van der Waals surface area contributed by atoms with E-state index in [-0.39, 0.29) is 0 Å². The van der Waals surface area contributed by atoms with Gasteiger partial charge in [-0.2, -0.15) is 0 Å². The van der Waals surface area contributed by atoms with Crippen LogP contribution in [0.5, 0.6) is 0 Å². The predicted molar refractivity (Wildman–Crippen MR) is 94.7 cm³/mol. The van der Waals surface area contributed by atoms with Gasteiger partial charge in [-0.25, -0.2) is 4.98 Å². The van der Waals surface area contributed by atoms with Crippen molar-refractivity contribution in [1.82, 2.24) is 14.8 Å². The molecule has 1 aliphatic rings. The molecule has 0 aliphatic carbocycles. The monoisotopic (exact) mass is 331 g/mol. The lowest BCUT2D eigenvalue weighted by atomic mass is 9.96. The van der Waals surface area contributed by atoms with Gasteiger partial charge < -0.3 is 18.6 Å². The van der Waals surface area contributed by atoms with E-state index in [1.165, 1.54) is 25.9 Å². The van der Waals surface area contributed by atoms with Gasteiger partial charge in [-0.3, -0.25) is 0 Å². The Bertz CT molecular complexity index is 633. The first-order chi connectivity index (χ1) is 11.5. The van der Waals surface area contributed by atoms with Gasteiger partial charge in [-0.15, -0.1) is 0 Å². The molecule has 1 atom stereocenters. The van der Waals surface area contributed by atoms with E-state index < -0.39 is 0 Å². The van der Waals surface area contributed by atoms with Crippen molar-refractivity contribution in [2.45, 2.75) is 46.2 Å². The summed E-state index contributed by atoms with van der Waals surface area (Å²) in [5.41, 5.74) is 1.00. The molecule has 132 valence electrons. The third-order valence-corrected chi connectivity index (χ3v) is 4.89. The highest BCUT2D eigenvalue weighted by Crippen LogP contribution is 2.24. The number of rotatable bonds is 6. The maximum Gasteiger partial charge on any atom is 0.263 e. The summed E-state index contributed by atoms with van der Waals surface area (Å²) >= 11 is 0. The van der Waals surface area contributed by atoms with Crippen molar-refractivity contribution >= 4 is 0 Å². The molecular formula is C19H29N3O2. The molecule has 24 heavy (non-hydrogen) atoms. The molecule has 1 unspecified atom stereocenters. The van der Waals surface area contributed by atoms with Crippen LogP contribution in [0.25, 0.3) is 11.7 Å². The van der Waals surface area contributed by atoms with E-state index in [1.807, 2.05) is 19.1 Å². The lowest BCUT2D eigenvalue weighted by Gasteiger charge is -2.36. The van der Waals surface area contributed by atoms with Crippen molar-refractivity contribution in [1.29, 1.82) is 0 Å². The number of oxazole rings is 1. The predicted octanol–water partition coefficient (Wildman–Crippen LogP) is 3.80. The van der Waals surface area contributed by atoms with Crippen molar-refractivity contribution in [3.63, 3.8) is 0 Å². The zero-order valence-corrected chi connectivity index (χ0v) is 15.3. The molecule has 5 nitrogen and oxygen atoms in total. The molecule has 0 spiro atoms. The summed E-state index contributed by atoms with van der Waals surface area (Å²) < 4.78 is 11.1. The van der Waals surface area contributed by atoms with Gasteiger partial charge in [0.1, 0.15) is 5.76 Å². The normalized spacial score (nSPS) is 19.5. The highest BCUT2D eigenvalue weighted by atomic mass is 16.4. The maximum absolute atomic E-state index is 5.76. The molecule has 0 amide bonds. The lowest BCUT2D eigenvalue weighted by Crippen LogP contribution is -2.43. The highest BCUT2D eigenvalue weighted by Gasteiger charge is 2.23. The zero-order valence-electron chi connectivity index (χ0n) is 15.3. The number of hydrogen-bond donors (Lipinski definition) is 0. The number of hydrogen-bond acceptors (Lipinski definition) is 5. The second-order valence-corrected chi connectivity index (χ2v) is 7.29. The quantitative estimate of drug-likeness (QED) is 0.806. The third-order valence-electron chi connectivity index (χ3n) is 4.89. The number of furan rings is 1. The molecule has 1 aliphatic heterocycles. The summed E-state index contributed by atoms with van der Waals surface area (Å²) in [5, 5.41) is 0. The standard InChI is InChI=1S/C19H29N3O2/c1-14(2)22-9-5-7-16(12-22)11-21(4)13-17-15(3)24-19(20-17)18-8-6-10-23-18/h6,8,10,14,16H,5,7,9,11-13H2,1-4H3. The largest absolute Gasteiger partial charge is 0.459 e. The number of nitrogens with zero attached hydrogens (tertiary/aromatic N) is 3. The molecule has 3 rings (SSSR count). The molecule has 0 radical (unpaired) electrons. The van der Waals surface area contributed by atoms with Crippen LogP contribution in [0.15, 0.2) is 27.2 Å². The summed E-state index contributed by atoms with van der Waals surface area (Å²) in [4.78, 5) is 9.58. The van der Waals surface area contributed by atoms with Gasteiger partial charge in [0.15, 0.2) is 5.76 Å². The van der Waals surface area contributed by atoms with Crippen LogP contribution < -0.4 is 0 Å². The van der Waals surface area contributed by atoms with E-state index in [0.717, 1.165) is 30.5 Å². The maximum atomic E-state index is 5.76. The van der Waals surface area contributed by atoms with Crippen molar-refractivity contribution < 1.29 is 8.83 Å². The molecule has 2 aromatic heterocycles. The number of piperidine rings is 1. The van der Waals surface area contributed by atoms with Gasteiger partial charge in [0.2, 0.25) is 0 Å². The van der Waals surface area contributed by atoms with Gasteiger partial charge in [0.05, 0.1) is 12.0 Å². The van der Waals surface area contributed by atoms with Crippen LogP contribution in [0, 0.1) is 12.8 Å². The first-order valence-corrected chi connectivity index (χ1v) is 8.95. The van der Waals surface area contributed by atoms with Crippen LogP contribution in [0.4, 0.5) is 0 Å². The highest BCUT2D eigenvalue weighted by molar-refractivity contribution is 5.44. The second kappa shape index (κ2) is 7.53. The van der Waals surface area contributed by atoms with Crippen LogP contribution in [0.1, 0.15) is 38.1 Å². The molecule has 0 aromatic carbocycles. The van der Waals surface area contributed by atoms with E-state index in [0.29, 0.717) is 17.7 Å². The molecule has 0 N–H and O–H groups in total. The van der Waals surface area contributed by atoms with Crippen molar-refractivity contribution in [2.75, 3.05) is 26.7 Å². The summed E-state index contributed by atoms with van der Waals surface area (Å²) in [6.45, 7) is 10.9. The van der Waals surface area contributed by atoms with E-state index in [4.69, 9.17) is 8.83 Å². The number of aryl methyl sites for hydroxylation is 1. The molecule has 2 aromatic rings. The van der Waals surface area contributed by atoms with Gasteiger partial charge in [0.25, 0.3) is 5.89 Å². The Kier molecular flexibility index (Phi) is 5.41. The fraction of sp³-hybridized carbons (Fsp3) is 0.632. The Morgan fingerprint density at radius 3 is 2.96 bits per heavy atom. The Morgan fingerprint density at radius 2 is 2.25 bits per heavy atom. The van der Waals surface area contributed by atoms with E-state index >= 15 is 0 Å². The first kappa shape index (κ1) is 17.2. The van der Waals surface area contributed by atoms with Crippen molar-refractivity contribution in [3.05, 3.63) is 29.9 Å². The van der Waals surface area contributed by atoms with Gasteiger partial charge >= 0.3 is 0 Å². The Hall–Kier alpha value is -1.59. The average Bonchev–Trinajstić information content (AvgIpc) is 3.18. The van der Waals surface area contributed by atoms with Crippen LogP contribution in [-0.2, 0) is 6.54 Å². The van der Waals surface area contributed by atoms with E-state index in [9.17, 15) is 0 Å². The second-order valence-electron chi connectivity index (χ2n) is 7.29. The molecule has 3 heterocycles. The summed E-state index contributed by atoms with van der Waals surface area (Å²) in [5.74, 6) is 2.88. The molecular weight excluding hydrogens is 302 g/mol. The average molecular weight is 331 g/mol. The number of likely N-dealkylation sites (tertiary alicyclic amines) is 1. The van der Waals surface area contributed by atoms with Crippen LogP contribution in [0.2, 0.25) is 0 Å². The molecule has 0 saturated carbocycles. The third kappa shape index (κ3) is 4.08. The minimum Gasteiger partial charge on any atom is -0.459 e. The SMILES string of the molecule is Cc1oc(-c2ccco2)nc1CN(C)CC1CCCN(C(C)C)C1. The van der Waals surface area contributed by atoms with E-state index in [1.54, 1.807) is 6.26 Å². The summed E-state index contributed by atoms with van der Waals surface area (Å²) in [6.07, 6.45) is 4.27. The molecule has 0 bridgehead atoms. The molecule has 5 heteroatoms. The van der Waals surface area contributed by atoms with Gasteiger partial charge in [0, 0.05) is 25.7 Å². The lowest BCUT2D eigenvalue weighted by molar-refractivity contribution is 0.115. The fourth-order valence-electron chi connectivity index (χ4n) is 3.56. The number of aromatic nitrogens is 1. The summed E-state index contributed by atoms with van der Waals surface area (Å²) in [7, 11) is 2.18. The topological polar surface area (TPSA) is 45.7 Å². The Labute approximate surface area is 144 Å². The van der Waals surface area contributed by atoms with Crippen LogP contribution in [0.3, 0.4) is 0 Å². The zero-order chi connectivity index (χ0) is 17.1. The molecule has 1 saturated heterocycles. The summed E-state index contributed by atoms with van der Waals surface area (Å²) in [6, 6.07) is 4.37. The van der Waals surface area contributed by atoms with Gasteiger partial charge in [-0.1, -0.05) is 0 Å². The molecule has 1 fully saturated rings. The minimum atomic E-state index is 0.574. The van der Waals surface area contributed by atoms with E-state index in [2.05, 4.69) is 35.7 Å².